The highest BCUT2D eigenvalue weighted by molar-refractivity contribution is 7.14. The van der Waals surface area contributed by atoms with Gasteiger partial charge in [0.05, 0.1) is 12.8 Å². The third-order valence-electron chi connectivity index (χ3n) is 4.35. The fourth-order valence-electron chi connectivity index (χ4n) is 2.78. The second kappa shape index (κ2) is 10.4. The van der Waals surface area contributed by atoms with Gasteiger partial charge >= 0.3 is 0 Å². The van der Waals surface area contributed by atoms with Crippen molar-refractivity contribution in [1.82, 2.24) is 10.3 Å². The van der Waals surface area contributed by atoms with Crippen LogP contribution in [0.4, 0.5) is 5.13 Å². The van der Waals surface area contributed by atoms with Crippen LogP contribution in [0.2, 0.25) is 0 Å². The van der Waals surface area contributed by atoms with Crippen molar-refractivity contribution in [3.63, 3.8) is 0 Å². The van der Waals surface area contributed by atoms with E-state index in [-0.39, 0.29) is 5.91 Å². The molecule has 8 heteroatoms. The summed E-state index contributed by atoms with van der Waals surface area (Å²) in [7, 11) is 1.65. The minimum absolute atomic E-state index is 0.0534. The van der Waals surface area contributed by atoms with Gasteiger partial charge in [0.2, 0.25) is 5.91 Å². The number of amides is 1. The average molecular weight is 424 g/mol. The topological polar surface area (TPSA) is 102 Å². The number of benzene rings is 2. The van der Waals surface area contributed by atoms with Gasteiger partial charge in [-0.15, -0.1) is 11.3 Å². The van der Waals surface area contributed by atoms with Crippen LogP contribution in [-0.4, -0.2) is 30.5 Å². The van der Waals surface area contributed by atoms with Crippen LogP contribution in [0.25, 0.3) is 11.3 Å². The van der Waals surface area contributed by atoms with Crippen molar-refractivity contribution in [2.45, 2.75) is 19.9 Å². The lowest BCUT2D eigenvalue weighted by molar-refractivity contribution is -0.119. The number of hydrogen-bond donors (Lipinski definition) is 3. The number of nitrogens with two attached hydrogens (primary N) is 1. The minimum Gasteiger partial charge on any atom is -0.497 e. The van der Waals surface area contributed by atoms with E-state index in [2.05, 4.69) is 20.6 Å². The van der Waals surface area contributed by atoms with E-state index in [1.165, 1.54) is 23.8 Å². The van der Waals surface area contributed by atoms with E-state index >= 15 is 0 Å². The van der Waals surface area contributed by atoms with Crippen LogP contribution < -0.4 is 21.1 Å². The van der Waals surface area contributed by atoms with E-state index < -0.39 is 0 Å². The Hall–Kier alpha value is -3.39. The highest BCUT2D eigenvalue weighted by atomic mass is 32.1. The number of thiazole rings is 1. The highest BCUT2D eigenvalue weighted by Crippen LogP contribution is 2.25. The Balaban J connectivity index is 1.55. The van der Waals surface area contributed by atoms with Crippen molar-refractivity contribution in [2.75, 3.05) is 19.0 Å². The molecule has 0 aliphatic carbocycles. The number of aromatic nitrogens is 1. The van der Waals surface area contributed by atoms with E-state index in [0.29, 0.717) is 24.2 Å². The average Bonchev–Trinajstić information content (AvgIpc) is 3.21. The van der Waals surface area contributed by atoms with E-state index in [1.54, 1.807) is 7.11 Å². The predicted molar refractivity (Wildman–Crippen MR) is 122 cm³/mol. The smallest absolute Gasteiger partial charge is 0.217 e. The molecule has 0 atom stereocenters. The van der Waals surface area contributed by atoms with Crippen molar-refractivity contribution in [3.8, 4) is 17.0 Å². The Labute approximate surface area is 180 Å². The first-order valence-corrected chi connectivity index (χ1v) is 10.4. The molecule has 156 valence electrons. The molecule has 4 N–H and O–H groups in total. The summed E-state index contributed by atoms with van der Waals surface area (Å²) in [5.74, 6) is 1.12. The number of anilines is 1. The summed E-state index contributed by atoms with van der Waals surface area (Å²) < 4.78 is 5.16. The summed E-state index contributed by atoms with van der Waals surface area (Å²) in [6, 6.07) is 15.8. The maximum atomic E-state index is 11.1. The molecule has 2 aromatic carbocycles. The van der Waals surface area contributed by atoms with Gasteiger partial charge in [0.25, 0.3) is 0 Å². The molecule has 0 fully saturated rings. The molecule has 30 heavy (non-hydrogen) atoms. The summed E-state index contributed by atoms with van der Waals surface area (Å²) in [4.78, 5) is 20.1. The number of hydrogen-bond acceptors (Lipinski definition) is 5. The number of rotatable bonds is 8. The number of nitrogens with zero attached hydrogens (tertiary/aromatic N) is 2. The molecule has 0 aliphatic heterocycles. The number of methoxy groups -OCH3 is 1. The van der Waals surface area contributed by atoms with Gasteiger partial charge in [-0.25, -0.2) is 4.98 Å². The Morgan fingerprint density at radius 3 is 2.73 bits per heavy atom. The molecule has 1 amide bonds. The van der Waals surface area contributed by atoms with E-state index in [9.17, 15) is 4.79 Å². The van der Waals surface area contributed by atoms with Gasteiger partial charge in [0.15, 0.2) is 11.1 Å². The summed E-state index contributed by atoms with van der Waals surface area (Å²) in [6.07, 6.45) is 0.788. The van der Waals surface area contributed by atoms with Crippen molar-refractivity contribution in [1.29, 1.82) is 0 Å². The van der Waals surface area contributed by atoms with Gasteiger partial charge < -0.3 is 21.1 Å². The maximum absolute atomic E-state index is 11.1. The van der Waals surface area contributed by atoms with Gasteiger partial charge in [0.1, 0.15) is 5.75 Å². The van der Waals surface area contributed by atoms with Crippen LogP contribution in [0.3, 0.4) is 0 Å². The summed E-state index contributed by atoms with van der Waals surface area (Å²) in [6.45, 7) is 2.58. The number of aliphatic imine (C=N–C) groups is 1. The van der Waals surface area contributed by atoms with Crippen LogP contribution in [-0.2, 0) is 17.8 Å². The third kappa shape index (κ3) is 6.31. The largest absolute Gasteiger partial charge is 0.497 e. The molecule has 0 aliphatic rings. The molecule has 0 radical (unpaired) electrons. The quantitative estimate of drug-likeness (QED) is 0.381. The molecule has 3 aromatic rings. The molecule has 0 saturated heterocycles. The second-order valence-corrected chi connectivity index (χ2v) is 7.50. The number of carbonyl (C=O) groups excluding carboxylic acids is 1. The van der Waals surface area contributed by atoms with E-state index in [1.807, 2.05) is 53.9 Å². The molecule has 7 nitrogen and oxygen atoms in total. The van der Waals surface area contributed by atoms with E-state index in [4.69, 9.17) is 10.5 Å². The molecular formula is C22H25N5O2S. The molecule has 3 rings (SSSR count). The Kier molecular flexibility index (Phi) is 7.40. The monoisotopic (exact) mass is 423 g/mol. The lowest BCUT2D eigenvalue weighted by Gasteiger charge is -2.05. The van der Waals surface area contributed by atoms with E-state index in [0.717, 1.165) is 29.0 Å². The molecule has 0 bridgehead atoms. The number of nitrogens with one attached hydrogen (secondary N) is 2. The van der Waals surface area contributed by atoms with Crippen molar-refractivity contribution in [2.24, 2.45) is 10.7 Å². The van der Waals surface area contributed by atoms with Crippen molar-refractivity contribution < 1.29 is 9.53 Å². The van der Waals surface area contributed by atoms with Gasteiger partial charge in [-0.3, -0.25) is 9.79 Å². The molecule has 1 heterocycles. The minimum atomic E-state index is -0.0534. The fraction of sp³-hybridized carbons (Fsp3) is 0.227. The summed E-state index contributed by atoms with van der Waals surface area (Å²) >= 11 is 1.46. The van der Waals surface area contributed by atoms with Gasteiger partial charge in [0, 0.05) is 31.0 Å². The predicted octanol–water partition coefficient (Wildman–Crippen LogP) is 3.42. The van der Waals surface area contributed by atoms with Crippen LogP contribution in [0.1, 0.15) is 18.1 Å². The standard InChI is InChI=1S/C22H25N5O2S/c1-15(28)25-13-17-4-3-5-18(12-17)20-14-30-22(26-20)27-21(23)24-11-10-16-6-8-19(29-2)9-7-16/h3-9,12,14H,10-11,13H2,1-2H3,(H,25,28)(H3,23,24,26,27). The first kappa shape index (κ1) is 21.3. The fourth-order valence-corrected chi connectivity index (χ4v) is 3.50. The zero-order valence-corrected chi connectivity index (χ0v) is 17.8. The second-order valence-electron chi connectivity index (χ2n) is 6.64. The Morgan fingerprint density at radius 2 is 2.00 bits per heavy atom. The van der Waals surface area contributed by atoms with Crippen LogP contribution in [0.15, 0.2) is 58.9 Å². The Bertz CT molecular complexity index is 1010. The summed E-state index contributed by atoms with van der Waals surface area (Å²) in [5.41, 5.74) is 10.0. The van der Waals surface area contributed by atoms with Crippen LogP contribution in [0.5, 0.6) is 5.75 Å². The molecule has 0 saturated carbocycles. The zero-order chi connectivity index (χ0) is 21.3. The lowest BCUT2D eigenvalue weighted by atomic mass is 10.1. The molecular weight excluding hydrogens is 398 g/mol. The van der Waals surface area contributed by atoms with Gasteiger partial charge in [-0.2, -0.15) is 0 Å². The highest BCUT2D eigenvalue weighted by Gasteiger charge is 2.07. The summed E-state index contributed by atoms with van der Waals surface area (Å²) in [5, 5.41) is 8.50. The third-order valence-corrected chi connectivity index (χ3v) is 5.10. The first-order chi connectivity index (χ1) is 14.5. The lowest BCUT2D eigenvalue weighted by Crippen LogP contribution is -2.23. The number of guanidine groups is 1. The first-order valence-electron chi connectivity index (χ1n) is 9.52. The Morgan fingerprint density at radius 1 is 1.20 bits per heavy atom. The molecule has 0 unspecified atom stereocenters. The van der Waals surface area contributed by atoms with Gasteiger partial charge in [-0.05, 0) is 35.7 Å². The SMILES string of the molecule is COc1ccc(CCN=C(N)Nc2nc(-c3cccc(CNC(C)=O)c3)cs2)cc1. The van der Waals surface area contributed by atoms with Gasteiger partial charge in [-0.1, -0.05) is 30.3 Å². The van der Waals surface area contributed by atoms with Crippen molar-refractivity contribution in [3.05, 3.63) is 65.0 Å². The zero-order valence-electron chi connectivity index (χ0n) is 17.0. The van der Waals surface area contributed by atoms with Crippen molar-refractivity contribution >= 4 is 28.3 Å². The number of ether oxygens (including phenoxy) is 1. The molecule has 1 aromatic heterocycles. The number of carbonyl (C=O) groups is 1. The normalized spacial score (nSPS) is 11.2. The van der Waals surface area contributed by atoms with Crippen LogP contribution in [0, 0.1) is 0 Å². The maximum Gasteiger partial charge on any atom is 0.217 e. The molecule has 0 spiro atoms. The van der Waals surface area contributed by atoms with Crippen LogP contribution >= 0.6 is 11.3 Å².